The normalized spacial score (nSPS) is 12.2. The number of anilines is 1. The number of sulfonamides is 1. The summed E-state index contributed by atoms with van der Waals surface area (Å²) in [5.74, 6) is -1.22. The van der Waals surface area contributed by atoms with Gasteiger partial charge >= 0.3 is 0 Å². The largest absolute Gasteiger partial charge is 0.495 e. The molecule has 242 valence electrons. The van der Waals surface area contributed by atoms with Gasteiger partial charge in [0.1, 0.15) is 24.2 Å². The molecule has 4 rings (SSSR count). The van der Waals surface area contributed by atoms with Gasteiger partial charge < -0.3 is 15.0 Å². The standard InChI is InChI=1S/C36H40FN3O5S/c1-26-16-21-33(45-5)31(22-26)40(46(43,44)30-14-10-7-11-15-30)25-34(41)39(24-28-17-19-29(37)20-18-28)32(35(42)38-36(2,3)4)23-27-12-8-6-9-13-27/h6-22,32H,23-25H2,1-5H3,(H,38,42)/t32-/m0/s1. The van der Waals surface area contributed by atoms with Crippen molar-refractivity contribution >= 4 is 27.5 Å². The maximum atomic E-state index is 14.6. The smallest absolute Gasteiger partial charge is 0.264 e. The molecule has 0 saturated carbocycles. The first-order valence-electron chi connectivity index (χ1n) is 14.9. The molecule has 1 N–H and O–H groups in total. The summed E-state index contributed by atoms with van der Waals surface area (Å²) in [6.07, 6.45) is 0.162. The van der Waals surface area contributed by atoms with E-state index in [1.54, 1.807) is 48.5 Å². The first-order chi connectivity index (χ1) is 21.8. The Hall–Kier alpha value is -4.70. The van der Waals surface area contributed by atoms with Crippen molar-refractivity contribution in [2.45, 2.75) is 57.1 Å². The van der Waals surface area contributed by atoms with Crippen LogP contribution in [0.1, 0.15) is 37.5 Å². The Balaban J connectivity index is 1.85. The zero-order chi connectivity index (χ0) is 33.5. The second kappa shape index (κ2) is 14.6. The van der Waals surface area contributed by atoms with Gasteiger partial charge in [-0.05, 0) is 80.8 Å². The summed E-state index contributed by atoms with van der Waals surface area (Å²) in [7, 11) is -2.86. The van der Waals surface area contributed by atoms with Gasteiger partial charge in [-0.1, -0.05) is 66.7 Å². The Morgan fingerprint density at radius 2 is 1.48 bits per heavy atom. The van der Waals surface area contributed by atoms with Crippen LogP contribution in [0.3, 0.4) is 0 Å². The number of amides is 2. The molecular formula is C36H40FN3O5S. The van der Waals surface area contributed by atoms with E-state index < -0.39 is 45.8 Å². The van der Waals surface area contributed by atoms with Crippen LogP contribution < -0.4 is 14.4 Å². The van der Waals surface area contributed by atoms with Gasteiger partial charge in [-0.15, -0.1) is 0 Å². The topological polar surface area (TPSA) is 96.0 Å². The maximum Gasteiger partial charge on any atom is 0.264 e. The molecule has 0 saturated heterocycles. The molecule has 46 heavy (non-hydrogen) atoms. The number of hydrogen-bond donors (Lipinski definition) is 1. The maximum absolute atomic E-state index is 14.6. The fourth-order valence-electron chi connectivity index (χ4n) is 5.02. The molecule has 0 heterocycles. The van der Waals surface area contributed by atoms with Crippen LogP contribution in [0.2, 0.25) is 0 Å². The number of benzene rings is 4. The van der Waals surface area contributed by atoms with Crippen molar-refractivity contribution in [2.75, 3.05) is 18.0 Å². The summed E-state index contributed by atoms with van der Waals surface area (Å²) < 4.78 is 48.9. The molecule has 2 amide bonds. The minimum absolute atomic E-state index is 0.0113. The van der Waals surface area contributed by atoms with Crippen molar-refractivity contribution in [3.05, 3.63) is 126 Å². The second-order valence-corrected chi connectivity index (χ2v) is 14.0. The summed E-state index contributed by atoms with van der Waals surface area (Å²) in [5.41, 5.74) is 1.70. The van der Waals surface area contributed by atoms with Crippen LogP contribution in [0.15, 0.2) is 108 Å². The quantitative estimate of drug-likeness (QED) is 0.207. The third-order valence-electron chi connectivity index (χ3n) is 7.25. The Morgan fingerprint density at radius 3 is 2.07 bits per heavy atom. The number of aryl methyl sites for hydroxylation is 1. The van der Waals surface area contributed by atoms with Crippen molar-refractivity contribution in [3.63, 3.8) is 0 Å². The number of nitrogens with zero attached hydrogens (tertiary/aromatic N) is 2. The number of ether oxygens (including phenoxy) is 1. The molecule has 8 nitrogen and oxygen atoms in total. The average Bonchev–Trinajstić information content (AvgIpc) is 3.02. The van der Waals surface area contributed by atoms with Crippen LogP contribution >= 0.6 is 0 Å². The number of nitrogens with one attached hydrogen (secondary N) is 1. The van der Waals surface area contributed by atoms with E-state index in [1.165, 1.54) is 36.3 Å². The van der Waals surface area contributed by atoms with E-state index in [1.807, 2.05) is 58.0 Å². The van der Waals surface area contributed by atoms with Crippen molar-refractivity contribution in [1.29, 1.82) is 0 Å². The third kappa shape index (κ3) is 8.72. The van der Waals surface area contributed by atoms with E-state index in [9.17, 15) is 22.4 Å². The number of rotatable bonds is 12. The van der Waals surface area contributed by atoms with Crippen molar-refractivity contribution in [1.82, 2.24) is 10.2 Å². The predicted octanol–water partition coefficient (Wildman–Crippen LogP) is 5.89. The van der Waals surface area contributed by atoms with Crippen molar-refractivity contribution in [2.24, 2.45) is 0 Å². The van der Waals surface area contributed by atoms with Crippen LogP contribution in [0, 0.1) is 12.7 Å². The van der Waals surface area contributed by atoms with Crippen LogP contribution in [0.25, 0.3) is 0 Å². The highest BCUT2D eigenvalue weighted by Crippen LogP contribution is 2.34. The summed E-state index contributed by atoms with van der Waals surface area (Å²) in [6.45, 7) is 6.63. The lowest BCUT2D eigenvalue weighted by Gasteiger charge is -2.35. The molecular weight excluding hydrogens is 605 g/mol. The summed E-state index contributed by atoms with van der Waals surface area (Å²) in [6, 6.07) is 26.8. The second-order valence-electron chi connectivity index (χ2n) is 12.1. The van der Waals surface area contributed by atoms with Crippen LogP contribution in [-0.2, 0) is 32.6 Å². The highest BCUT2D eigenvalue weighted by atomic mass is 32.2. The van der Waals surface area contributed by atoms with E-state index in [4.69, 9.17) is 4.74 Å². The lowest BCUT2D eigenvalue weighted by Crippen LogP contribution is -2.56. The number of carbonyl (C=O) groups is 2. The van der Waals surface area contributed by atoms with E-state index in [0.29, 0.717) is 5.56 Å². The Bertz CT molecular complexity index is 1740. The lowest BCUT2D eigenvalue weighted by molar-refractivity contribution is -0.140. The van der Waals surface area contributed by atoms with Gasteiger partial charge in [0.15, 0.2) is 0 Å². The number of hydrogen-bond acceptors (Lipinski definition) is 5. The fourth-order valence-corrected chi connectivity index (χ4v) is 6.46. The Labute approximate surface area is 270 Å². The SMILES string of the molecule is COc1ccc(C)cc1N(CC(=O)N(Cc1ccc(F)cc1)[C@@H](Cc1ccccc1)C(=O)NC(C)(C)C)S(=O)(=O)c1ccccc1. The van der Waals surface area contributed by atoms with Crippen LogP contribution in [0.4, 0.5) is 10.1 Å². The molecule has 0 aliphatic carbocycles. The van der Waals surface area contributed by atoms with Crippen molar-refractivity contribution in [3.8, 4) is 5.75 Å². The van der Waals surface area contributed by atoms with Crippen molar-refractivity contribution < 1.29 is 27.1 Å². The molecule has 0 fully saturated rings. The van der Waals surface area contributed by atoms with E-state index >= 15 is 0 Å². The molecule has 0 unspecified atom stereocenters. The van der Waals surface area contributed by atoms with Gasteiger partial charge in [-0.3, -0.25) is 13.9 Å². The van der Waals surface area contributed by atoms with Gasteiger partial charge in [0.25, 0.3) is 10.0 Å². The molecule has 0 aliphatic rings. The zero-order valence-electron chi connectivity index (χ0n) is 26.7. The monoisotopic (exact) mass is 645 g/mol. The van der Waals surface area contributed by atoms with Gasteiger partial charge in [0, 0.05) is 18.5 Å². The fraction of sp³-hybridized carbons (Fsp3) is 0.278. The molecule has 1 atom stereocenters. The molecule has 0 spiro atoms. The van der Waals surface area contributed by atoms with E-state index in [2.05, 4.69) is 5.32 Å². The van der Waals surface area contributed by atoms with Gasteiger partial charge in [-0.2, -0.15) is 0 Å². The lowest BCUT2D eigenvalue weighted by atomic mass is 10.0. The molecule has 4 aromatic rings. The molecule has 0 aromatic heterocycles. The molecule has 0 aliphatic heterocycles. The van der Waals surface area contributed by atoms with Crippen LogP contribution in [0.5, 0.6) is 5.75 Å². The summed E-state index contributed by atoms with van der Waals surface area (Å²) >= 11 is 0. The number of methoxy groups -OCH3 is 1. The Kier molecular flexibility index (Phi) is 10.8. The average molecular weight is 646 g/mol. The number of carbonyl (C=O) groups excluding carboxylic acids is 2. The van der Waals surface area contributed by atoms with E-state index in [-0.39, 0.29) is 29.3 Å². The Morgan fingerprint density at radius 1 is 0.870 bits per heavy atom. The van der Waals surface area contributed by atoms with E-state index in [0.717, 1.165) is 15.4 Å². The van der Waals surface area contributed by atoms with Crippen LogP contribution in [-0.4, -0.2) is 50.4 Å². The first-order valence-corrected chi connectivity index (χ1v) is 16.3. The third-order valence-corrected chi connectivity index (χ3v) is 9.02. The minimum atomic E-state index is -4.29. The number of halogens is 1. The predicted molar refractivity (Wildman–Crippen MR) is 177 cm³/mol. The zero-order valence-corrected chi connectivity index (χ0v) is 27.6. The highest BCUT2D eigenvalue weighted by Gasteiger charge is 2.36. The molecule has 10 heteroatoms. The summed E-state index contributed by atoms with van der Waals surface area (Å²) in [4.78, 5) is 29.9. The summed E-state index contributed by atoms with van der Waals surface area (Å²) in [5, 5.41) is 2.99. The minimum Gasteiger partial charge on any atom is -0.495 e. The van der Waals surface area contributed by atoms with Gasteiger partial charge in [0.05, 0.1) is 17.7 Å². The highest BCUT2D eigenvalue weighted by molar-refractivity contribution is 7.92. The molecule has 0 bridgehead atoms. The first kappa shape index (κ1) is 34.2. The van der Waals surface area contributed by atoms with Gasteiger partial charge in [-0.25, -0.2) is 12.8 Å². The molecule has 4 aromatic carbocycles. The molecule has 0 radical (unpaired) electrons. The van der Waals surface area contributed by atoms with Gasteiger partial charge in [0.2, 0.25) is 11.8 Å².